The molecule has 84 valence electrons. The Morgan fingerprint density at radius 2 is 1.44 bits per heavy atom. The Morgan fingerprint density at radius 3 is 1.94 bits per heavy atom. The molecule has 0 aromatic rings. The van der Waals surface area contributed by atoms with Gasteiger partial charge in [0.25, 0.3) is 0 Å². The lowest BCUT2D eigenvalue weighted by molar-refractivity contribution is -0.123. The van der Waals surface area contributed by atoms with Gasteiger partial charge in [0.15, 0.2) is 0 Å². The third kappa shape index (κ3) is 0.613. The van der Waals surface area contributed by atoms with Gasteiger partial charge < -0.3 is 5.32 Å². The second-order valence-electron chi connectivity index (χ2n) is 7.34. The molecule has 1 amide bonds. The summed E-state index contributed by atoms with van der Waals surface area (Å²) in [7, 11) is 0. The van der Waals surface area contributed by atoms with Crippen LogP contribution in [-0.2, 0) is 4.79 Å². The summed E-state index contributed by atoms with van der Waals surface area (Å²) in [5.74, 6) is 9.07. The fraction of sp³-hybridized carbons (Fsp3) is 0.929. The number of hydrogen-bond donors (Lipinski definition) is 1. The van der Waals surface area contributed by atoms with Crippen LogP contribution >= 0.6 is 0 Å². The molecule has 0 spiro atoms. The van der Waals surface area contributed by atoms with Gasteiger partial charge in [0.05, 0.1) is 0 Å². The van der Waals surface area contributed by atoms with Crippen LogP contribution in [0.2, 0.25) is 0 Å². The molecule has 9 atom stereocenters. The first kappa shape index (κ1) is 7.73. The van der Waals surface area contributed by atoms with Crippen LogP contribution in [0, 0.1) is 53.3 Å². The maximum Gasteiger partial charge on any atom is 0.223 e. The van der Waals surface area contributed by atoms with Gasteiger partial charge in [-0.05, 0) is 66.6 Å². The van der Waals surface area contributed by atoms with E-state index in [1.165, 1.54) is 12.8 Å². The number of nitrogens with one attached hydrogen (secondary N) is 1. The number of rotatable bonds is 2. The van der Waals surface area contributed by atoms with E-state index in [2.05, 4.69) is 5.32 Å². The first-order chi connectivity index (χ1) is 7.86. The Bertz CT molecular complexity index is 404. The predicted octanol–water partition coefficient (Wildman–Crippen LogP) is 1.27. The molecule has 7 rings (SSSR count). The Balaban J connectivity index is 1.30. The zero-order valence-corrected chi connectivity index (χ0v) is 9.30. The maximum atomic E-state index is 12.1. The number of amides is 1. The zero-order valence-electron chi connectivity index (χ0n) is 9.30. The van der Waals surface area contributed by atoms with Gasteiger partial charge in [-0.15, -0.1) is 0 Å². The van der Waals surface area contributed by atoms with E-state index in [1.54, 1.807) is 6.42 Å². The highest BCUT2D eigenvalue weighted by atomic mass is 16.2. The summed E-state index contributed by atoms with van der Waals surface area (Å²) in [5.41, 5.74) is 0. The van der Waals surface area contributed by atoms with Gasteiger partial charge >= 0.3 is 0 Å². The van der Waals surface area contributed by atoms with Crippen molar-refractivity contribution in [3.63, 3.8) is 0 Å². The lowest BCUT2D eigenvalue weighted by Crippen LogP contribution is -2.30. The second-order valence-corrected chi connectivity index (χ2v) is 7.34. The highest BCUT2D eigenvalue weighted by Crippen LogP contribution is 2.89. The van der Waals surface area contributed by atoms with Crippen LogP contribution in [0.4, 0.5) is 0 Å². The predicted molar refractivity (Wildman–Crippen MR) is 57.2 cm³/mol. The third-order valence-corrected chi connectivity index (χ3v) is 6.96. The quantitative estimate of drug-likeness (QED) is 0.738. The van der Waals surface area contributed by atoms with Crippen LogP contribution in [0.1, 0.15) is 19.3 Å². The Hall–Kier alpha value is -0.530. The van der Waals surface area contributed by atoms with E-state index in [1.807, 2.05) is 0 Å². The lowest BCUT2D eigenvalue weighted by atomic mass is 9.91. The highest BCUT2D eigenvalue weighted by molar-refractivity contribution is 5.83. The van der Waals surface area contributed by atoms with E-state index in [0.717, 1.165) is 47.3 Å². The van der Waals surface area contributed by atoms with Crippen LogP contribution in [0.25, 0.3) is 0 Å². The van der Waals surface area contributed by atoms with E-state index in [-0.39, 0.29) is 0 Å². The molecule has 0 radical (unpaired) electrons. The SMILES string of the molecule is O=C(NC1CC1)C1[C@@H]2[C@H]3C4CC5[C@H]3[C@H]5[C@H]4[C@H]12. The summed E-state index contributed by atoms with van der Waals surface area (Å²) in [6.45, 7) is 0. The summed E-state index contributed by atoms with van der Waals surface area (Å²) >= 11 is 0. The van der Waals surface area contributed by atoms with E-state index in [0.29, 0.717) is 17.9 Å². The number of carbonyl (C=O) groups excluding carboxylic acids is 1. The van der Waals surface area contributed by atoms with Crippen molar-refractivity contribution in [3.8, 4) is 0 Å². The van der Waals surface area contributed by atoms with E-state index < -0.39 is 0 Å². The van der Waals surface area contributed by atoms with Gasteiger partial charge in [0.2, 0.25) is 5.91 Å². The van der Waals surface area contributed by atoms with Gasteiger partial charge in [0, 0.05) is 12.0 Å². The zero-order chi connectivity index (χ0) is 10.2. The second kappa shape index (κ2) is 1.97. The largest absolute Gasteiger partial charge is 0.353 e. The minimum atomic E-state index is 0.436. The van der Waals surface area contributed by atoms with E-state index >= 15 is 0 Å². The molecule has 3 unspecified atom stereocenters. The van der Waals surface area contributed by atoms with Crippen molar-refractivity contribution >= 4 is 5.91 Å². The van der Waals surface area contributed by atoms with Crippen molar-refractivity contribution in [1.29, 1.82) is 0 Å². The molecule has 0 aromatic heterocycles. The van der Waals surface area contributed by atoms with Crippen molar-refractivity contribution < 1.29 is 4.79 Å². The van der Waals surface area contributed by atoms with Gasteiger partial charge in [-0.2, -0.15) is 0 Å². The topological polar surface area (TPSA) is 29.1 Å². The minimum absolute atomic E-state index is 0.436. The average molecular weight is 215 g/mol. The van der Waals surface area contributed by atoms with Gasteiger partial charge in [0.1, 0.15) is 0 Å². The number of fused-ring (bicyclic) bond motifs is 1. The average Bonchev–Trinajstić information content (AvgIpc) is 3.22. The van der Waals surface area contributed by atoms with Crippen LogP contribution < -0.4 is 5.32 Å². The Labute approximate surface area is 95.2 Å². The lowest BCUT2D eigenvalue weighted by Gasteiger charge is -2.15. The van der Waals surface area contributed by atoms with Gasteiger partial charge in [-0.1, -0.05) is 0 Å². The summed E-state index contributed by atoms with van der Waals surface area (Å²) < 4.78 is 0. The molecular formula is C14H17NO. The van der Waals surface area contributed by atoms with Crippen molar-refractivity contribution in [3.05, 3.63) is 0 Å². The molecule has 7 saturated carbocycles. The summed E-state index contributed by atoms with van der Waals surface area (Å²) in [4.78, 5) is 12.1. The Morgan fingerprint density at radius 1 is 0.875 bits per heavy atom. The first-order valence-electron chi connectivity index (χ1n) is 7.16. The van der Waals surface area contributed by atoms with Crippen LogP contribution in [0.3, 0.4) is 0 Å². The summed E-state index contributed by atoms with van der Waals surface area (Å²) in [6, 6.07) is 0.565. The molecule has 0 heterocycles. The van der Waals surface area contributed by atoms with Crippen molar-refractivity contribution in [2.24, 2.45) is 53.3 Å². The number of hydrogen-bond acceptors (Lipinski definition) is 1. The molecule has 7 aliphatic rings. The molecule has 0 aliphatic heterocycles. The molecule has 0 aromatic carbocycles. The molecule has 6 bridgehead atoms. The molecule has 7 fully saturated rings. The van der Waals surface area contributed by atoms with Crippen molar-refractivity contribution in [2.75, 3.05) is 0 Å². The third-order valence-electron chi connectivity index (χ3n) is 6.96. The summed E-state index contributed by atoms with van der Waals surface area (Å²) in [6.07, 6.45) is 4.02. The van der Waals surface area contributed by atoms with Gasteiger partial charge in [-0.25, -0.2) is 0 Å². The first-order valence-corrected chi connectivity index (χ1v) is 7.16. The molecule has 16 heavy (non-hydrogen) atoms. The number of carbonyl (C=O) groups is 1. The minimum Gasteiger partial charge on any atom is -0.353 e. The van der Waals surface area contributed by atoms with Crippen molar-refractivity contribution in [2.45, 2.75) is 25.3 Å². The molecule has 2 heteroatoms. The highest BCUT2D eigenvalue weighted by Gasteiger charge is 2.87. The fourth-order valence-corrected chi connectivity index (χ4v) is 6.59. The smallest absolute Gasteiger partial charge is 0.223 e. The van der Waals surface area contributed by atoms with E-state index in [4.69, 9.17) is 0 Å². The molecule has 0 saturated heterocycles. The van der Waals surface area contributed by atoms with Crippen LogP contribution in [0.5, 0.6) is 0 Å². The van der Waals surface area contributed by atoms with Crippen LogP contribution in [-0.4, -0.2) is 11.9 Å². The monoisotopic (exact) mass is 215 g/mol. The summed E-state index contributed by atoms with van der Waals surface area (Å²) in [5, 5.41) is 3.23. The standard InChI is InChI=1S/C14H17NO/c16-14(15-4-1-2-4)13-11-9-6-3-5-7(9)8(5)10(6)12(11)13/h4-13H,1-3H2,(H,15,16)/t5?,6?,7-,8-,9-,10-,11-,12+,13?/m0/s1. The Kier molecular flexibility index (Phi) is 0.954. The maximum absolute atomic E-state index is 12.1. The fourth-order valence-electron chi connectivity index (χ4n) is 6.59. The van der Waals surface area contributed by atoms with Crippen molar-refractivity contribution in [1.82, 2.24) is 5.32 Å². The molecule has 7 aliphatic carbocycles. The van der Waals surface area contributed by atoms with E-state index in [9.17, 15) is 4.79 Å². The normalized spacial score (nSPS) is 70.4. The molecular weight excluding hydrogens is 198 g/mol. The van der Waals surface area contributed by atoms with Gasteiger partial charge in [-0.3, -0.25) is 4.79 Å². The molecule has 2 nitrogen and oxygen atoms in total. The molecule has 1 N–H and O–H groups in total. The van der Waals surface area contributed by atoms with Crippen LogP contribution in [0.15, 0.2) is 0 Å².